The SMILES string of the molecule is C/C=C/[B-]1(O)OC(=O)[C@H]2C(=O)C[N+]13CCC[C@@H]23. The number of hydrogen-bond acceptors (Lipinski definition) is 4. The second-order valence-corrected chi connectivity index (χ2v) is 5.36. The molecule has 4 atom stereocenters. The molecule has 6 heteroatoms. The second-order valence-electron chi connectivity index (χ2n) is 5.36. The molecule has 2 bridgehead atoms. The Labute approximate surface area is 99.6 Å². The molecule has 0 saturated carbocycles. The number of ketones is 1. The highest BCUT2D eigenvalue weighted by Crippen LogP contribution is 2.47. The lowest BCUT2D eigenvalue weighted by Crippen LogP contribution is -2.73. The van der Waals surface area contributed by atoms with Gasteiger partial charge in [-0.05, 0) is 13.3 Å². The largest absolute Gasteiger partial charge is 0.611 e. The highest BCUT2D eigenvalue weighted by Gasteiger charge is 2.69. The van der Waals surface area contributed by atoms with Crippen LogP contribution in [-0.4, -0.2) is 47.0 Å². The lowest BCUT2D eigenvalue weighted by Gasteiger charge is -2.54. The molecule has 0 aromatic carbocycles. The first-order valence-electron chi connectivity index (χ1n) is 6.17. The van der Waals surface area contributed by atoms with Crippen molar-refractivity contribution < 1.29 is 23.7 Å². The van der Waals surface area contributed by atoms with Crippen LogP contribution in [-0.2, 0) is 14.2 Å². The Morgan fingerprint density at radius 1 is 1.53 bits per heavy atom. The first kappa shape index (κ1) is 11.0. The van der Waals surface area contributed by atoms with Crippen molar-refractivity contribution in [3.05, 3.63) is 12.1 Å². The minimum atomic E-state index is -2.39. The summed E-state index contributed by atoms with van der Waals surface area (Å²) in [5.74, 6) is 0.325. The van der Waals surface area contributed by atoms with Gasteiger partial charge in [0, 0.05) is 13.0 Å². The fraction of sp³-hybridized carbons (Fsp3) is 0.636. The van der Waals surface area contributed by atoms with Gasteiger partial charge >= 0.3 is 6.69 Å². The van der Waals surface area contributed by atoms with Gasteiger partial charge in [0.1, 0.15) is 6.54 Å². The van der Waals surface area contributed by atoms with Crippen molar-refractivity contribution in [1.29, 1.82) is 0 Å². The molecule has 3 saturated heterocycles. The van der Waals surface area contributed by atoms with Crippen LogP contribution in [0.15, 0.2) is 12.1 Å². The van der Waals surface area contributed by atoms with Crippen LogP contribution in [0.2, 0.25) is 0 Å². The number of rotatable bonds is 1. The van der Waals surface area contributed by atoms with Gasteiger partial charge < -0.3 is 14.1 Å². The van der Waals surface area contributed by atoms with E-state index in [4.69, 9.17) is 4.65 Å². The van der Waals surface area contributed by atoms with Gasteiger partial charge in [-0.2, -0.15) is 0 Å². The first-order chi connectivity index (χ1) is 8.04. The van der Waals surface area contributed by atoms with Gasteiger partial charge in [-0.15, -0.1) is 12.1 Å². The van der Waals surface area contributed by atoms with E-state index in [-0.39, 0.29) is 22.8 Å². The van der Waals surface area contributed by atoms with Gasteiger partial charge in [-0.1, -0.05) is 0 Å². The third-order valence-corrected chi connectivity index (χ3v) is 4.64. The highest BCUT2D eigenvalue weighted by atomic mass is 16.6. The fourth-order valence-corrected chi connectivity index (χ4v) is 3.97. The van der Waals surface area contributed by atoms with E-state index in [9.17, 15) is 14.6 Å². The van der Waals surface area contributed by atoms with Crippen LogP contribution >= 0.6 is 0 Å². The van der Waals surface area contributed by atoms with Crippen molar-refractivity contribution in [2.24, 2.45) is 5.92 Å². The van der Waals surface area contributed by atoms with E-state index < -0.39 is 18.6 Å². The molecule has 3 fully saturated rings. The van der Waals surface area contributed by atoms with E-state index in [2.05, 4.69) is 0 Å². The lowest BCUT2D eigenvalue weighted by molar-refractivity contribution is -0.847. The van der Waals surface area contributed by atoms with Gasteiger partial charge in [0.25, 0.3) is 5.97 Å². The zero-order chi connectivity index (χ0) is 12.3. The summed E-state index contributed by atoms with van der Waals surface area (Å²) in [4.78, 5) is 23.8. The Bertz CT molecular complexity index is 437. The number of carbonyl (C=O) groups excluding carboxylic acids is 2. The second kappa shape index (κ2) is 3.20. The number of hydrogen-bond donors (Lipinski definition) is 1. The minimum Gasteiger partial charge on any atom is -0.611 e. The van der Waals surface area contributed by atoms with E-state index in [1.807, 2.05) is 0 Å². The lowest BCUT2D eigenvalue weighted by atomic mass is 9.64. The summed E-state index contributed by atoms with van der Waals surface area (Å²) in [6, 6.07) is -0.0649. The van der Waals surface area contributed by atoms with Crippen LogP contribution in [0.25, 0.3) is 0 Å². The quantitative estimate of drug-likeness (QED) is 0.505. The van der Waals surface area contributed by atoms with E-state index in [0.29, 0.717) is 0 Å². The maximum atomic E-state index is 11.9. The molecule has 3 aliphatic heterocycles. The standard InChI is InChI=1S/C11H16BNO4/c1-2-5-12(16)13-6-3-4-8(13)10(9(14)7-13)11(15)17-12/h2,5,8,10,16H,3-4,6-7H2,1H3/b5-2+/t8-,10+,12?,13?/m0/s1. The summed E-state index contributed by atoms with van der Waals surface area (Å²) >= 11 is 0. The van der Waals surface area contributed by atoms with E-state index >= 15 is 0 Å². The first-order valence-corrected chi connectivity index (χ1v) is 6.17. The Balaban J connectivity index is 2.15. The molecule has 0 aliphatic carbocycles. The molecule has 0 radical (unpaired) electrons. The predicted octanol–water partition coefficient (Wildman–Crippen LogP) is -0.232. The Kier molecular flexibility index (Phi) is 2.07. The van der Waals surface area contributed by atoms with Gasteiger partial charge in [0.2, 0.25) is 5.78 Å². The molecule has 92 valence electrons. The number of quaternary nitrogens is 1. The molecule has 1 N–H and O–H groups in total. The van der Waals surface area contributed by atoms with Crippen molar-refractivity contribution in [3.8, 4) is 0 Å². The minimum absolute atomic E-state index is 0.0649. The molecule has 3 heterocycles. The number of Topliss-reactive ketones (excluding diaryl/α,β-unsaturated/α-hetero) is 1. The molecule has 3 aliphatic rings. The molecule has 0 aromatic rings. The smallest absolute Gasteiger partial charge is 0.548 e. The monoisotopic (exact) mass is 237 g/mol. The van der Waals surface area contributed by atoms with Gasteiger partial charge in [0.05, 0.1) is 6.04 Å². The van der Waals surface area contributed by atoms with Gasteiger partial charge in [0.15, 0.2) is 5.92 Å². The van der Waals surface area contributed by atoms with Crippen molar-refractivity contribution in [2.45, 2.75) is 25.8 Å². The number of carbonyl (C=O) groups is 2. The van der Waals surface area contributed by atoms with Crippen molar-refractivity contribution >= 4 is 18.4 Å². The van der Waals surface area contributed by atoms with Crippen molar-refractivity contribution in [1.82, 2.24) is 0 Å². The highest BCUT2D eigenvalue weighted by molar-refractivity contribution is 6.67. The zero-order valence-corrected chi connectivity index (χ0v) is 9.83. The van der Waals surface area contributed by atoms with Crippen molar-refractivity contribution in [2.75, 3.05) is 13.1 Å². The average molecular weight is 237 g/mol. The molecular formula is C11H16BNO4. The summed E-state index contributed by atoms with van der Waals surface area (Å²) in [5.41, 5.74) is 0. The Morgan fingerprint density at radius 3 is 3.00 bits per heavy atom. The Morgan fingerprint density at radius 2 is 2.29 bits per heavy atom. The van der Waals surface area contributed by atoms with Gasteiger partial charge in [-0.3, -0.25) is 9.59 Å². The summed E-state index contributed by atoms with van der Waals surface area (Å²) < 4.78 is 5.48. The Hall–Kier alpha value is -1.14. The van der Waals surface area contributed by atoms with E-state index in [1.165, 1.54) is 0 Å². The van der Waals surface area contributed by atoms with Crippen LogP contribution in [0.4, 0.5) is 0 Å². The molecular weight excluding hydrogens is 221 g/mol. The van der Waals surface area contributed by atoms with Crippen molar-refractivity contribution in [3.63, 3.8) is 0 Å². The molecule has 3 rings (SSSR count). The summed E-state index contributed by atoms with van der Waals surface area (Å²) in [6.07, 6.45) is 3.46. The van der Waals surface area contributed by atoms with Crippen LogP contribution in [0.3, 0.4) is 0 Å². The zero-order valence-electron chi connectivity index (χ0n) is 9.83. The summed E-state index contributed by atoms with van der Waals surface area (Å²) in [5, 5.41) is 10.7. The molecule has 5 nitrogen and oxygen atoms in total. The third kappa shape index (κ3) is 1.12. The van der Waals surface area contributed by atoms with Crippen LogP contribution in [0.5, 0.6) is 0 Å². The maximum absolute atomic E-state index is 11.9. The average Bonchev–Trinajstić information content (AvgIpc) is 2.71. The van der Waals surface area contributed by atoms with E-state index in [1.54, 1.807) is 19.0 Å². The predicted molar refractivity (Wildman–Crippen MR) is 60.4 cm³/mol. The summed E-state index contributed by atoms with van der Waals surface area (Å²) in [7, 11) is 0. The molecule has 0 aromatic heterocycles. The molecule has 0 spiro atoms. The number of nitrogens with zero attached hydrogens (tertiary/aromatic N) is 1. The molecule has 0 amide bonds. The van der Waals surface area contributed by atoms with E-state index in [0.717, 1.165) is 19.4 Å². The fourth-order valence-electron chi connectivity index (χ4n) is 3.97. The molecule has 17 heavy (non-hydrogen) atoms. The third-order valence-electron chi connectivity index (χ3n) is 4.64. The topological polar surface area (TPSA) is 63.6 Å². The normalized spacial score (nSPS) is 48.6. The van der Waals surface area contributed by atoms with Crippen LogP contribution in [0, 0.1) is 5.92 Å². The van der Waals surface area contributed by atoms with Gasteiger partial charge in [-0.25, -0.2) is 0 Å². The maximum Gasteiger partial charge on any atom is 0.548 e. The van der Waals surface area contributed by atoms with Crippen LogP contribution in [0.1, 0.15) is 19.8 Å². The molecule has 2 unspecified atom stereocenters. The van der Waals surface area contributed by atoms with Crippen LogP contribution < -0.4 is 0 Å². The number of allylic oxidation sites excluding steroid dienone is 1. The summed E-state index contributed by atoms with van der Waals surface area (Å²) in [6.45, 7) is 0.354.